The maximum atomic E-state index is 12.0. The maximum absolute atomic E-state index is 12.0. The van der Waals surface area contributed by atoms with E-state index in [1.165, 1.54) is 0 Å². The first-order valence-electron chi connectivity index (χ1n) is 5.18. The van der Waals surface area contributed by atoms with Crippen molar-refractivity contribution in [1.29, 1.82) is 0 Å². The van der Waals surface area contributed by atoms with Gasteiger partial charge in [-0.2, -0.15) is 0 Å². The number of halogens is 2. The van der Waals surface area contributed by atoms with Gasteiger partial charge in [0.25, 0.3) is 0 Å². The molecule has 15 heavy (non-hydrogen) atoms. The Bertz CT molecular complexity index is 381. The van der Waals surface area contributed by atoms with E-state index in [9.17, 15) is 4.79 Å². The molecule has 2 rings (SSSR count). The maximum Gasteiger partial charge on any atom is 0.165 e. The third-order valence-corrected chi connectivity index (χ3v) is 3.67. The van der Waals surface area contributed by atoms with Crippen LogP contribution >= 0.6 is 23.2 Å². The van der Waals surface area contributed by atoms with Crippen LogP contribution in [0.15, 0.2) is 18.2 Å². The van der Waals surface area contributed by atoms with E-state index in [-0.39, 0.29) is 11.7 Å². The molecule has 80 valence electrons. The van der Waals surface area contributed by atoms with Crippen LogP contribution in [0.3, 0.4) is 0 Å². The Morgan fingerprint density at radius 2 is 1.80 bits per heavy atom. The van der Waals surface area contributed by atoms with Gasteiger partial charge in [-0.05, 0) is 31.0 Å². The minimum atomic E-state index is 0.197. The van der Waals surface area contributed by atoms with E-state index in [0.29, 0.717) is 15.6 Å². The molecule has 0 aliphatic heterocycles. The average molecular weight is 243 g/mol. The molecule has 0 atom stereocenters. The van der Waals surface area contributed by atoms with Crippen molar-refractivity contribution >= 4 is 29.0 Å². The fraction of sp³-hybridized carbons (Fsp3) is 0.417. The summed E-state index contributed by atoms with van der Waals surface area (Å²) in [6.07, 6.45) is 4.35. The topological polar surface area (TPSA) is 17.1 Å². The Kier molecular flexibility index (Phi) is 3.32. The minimum Gasteiger partial charge on any atom is -0.294 e. The van der Waals surface area contributed by atoms with E-state index in [2.05, 4.69) is 0 Å². The molecule has 0 unspecified atom stereocenters. The van der Waals surface area contributed by atoms with Crippen LogP contribution in [0.25, 0.3) is 0 Å². The van der Waals surface area contributed by atoms with Crippen LogP contribution in [0.5, 0.6) is 0 Å². The smallest absolute Gasteiger partial charge is 0.165 e. The Morgan fingerprint density at radius 1 is 1.13 bits per heavy atom. The molecule has 1 fully saturated rings. The highest BCUT2D eigenvalue weighted by molar-refractivity contribution is 6.42. The van der Waals surface area contributed by atoms with Crippen LogP contribution in [0.4, 0.5) is 0 Å². The summed E-state index contributed by atoms with van der Waals surface area (Å²) in [6, 6.07) is 5.12. The average Bonchev–Trinajstić information content (AvgIpc) is 2.74. The number of hydrogen-bond donors (Lipinski definition) is 0. The number of carbonyl (C=O) groups excluding carboxylic acids is 1. The molecule has 0 N–H and O–H groups in total. The lowest BCUT2D eigenvalue weighted by molar-refractivity contribution is 0.0923. The number of benzene rings is 1. The van der Waals surface area contributed by atoms with E-state index in [0.717, 1.165) is 25.7 Å². The second-order valence-electron chi connectivity index (χ2n) is 3.97. The fourth-order valence-electron chi connectivity index (χ4n) is 2.07. The molecule has 1 aliphatic carbocycles. The number of rotatable bonds is 2. The molecule has 1 aromatic carbocycles. The van der Waals surface area contributed by atoms with Crippen molar-refractivity contribution in [2.24, 2.45) is 5.92 Å². The van der Waals surface area contributed by atoms with Crippen LogP contribution < -0.4 is 0 Å². The highest BCUT2D eigenvalue weighted by atomic mass is 35.5. The van der Waals surface area contributed by atoms with Crippen LogP contribution in [-0.4, -0.2) is 5.78 Å². The van der Waals surface area contributed by atoms with Crippen LogP contribution in [-0.2, 0) is 0 Å². The van der Waals surface area contributed by atoms with E-state index in [1.54, 1.807) is 18.2 Å². The summed E-state index contributed by atoms with van der Waals surface area (Å²) in [6.45, 7) is 0. The molecule has 0 spiro atoms. The van der Waals surface area contributed by atoms with E-state index in [4.69, 9.17) is 23.2 Å². The summed E-state index contributed by atoms with van der Waals surface area (Å²) in [5.74, 6) is 0.410. The van der Waals surface area contributed by atoms with Crippen molar-refractivity contribution in [2.75, 3.05) is 0 Å². The molecule has 1 nitrogen and oxygen atoms in total. The molecule has 0 amide bonds. The van der Waals surface area contributed by atoms with Gasteiger partial charge in [0.2, 0.25) is 0 Å². The van der Waals surface area contributed by atoms with Crippen molar-refractivity contribution in [3.63, 3.8) is 0 Å². The zero-order valence-corrected chi connectivity index (χ0v) is 9.81. The van der Waals surface area contributed by atoms with Gasteiger partial charge in [-0.25, -0.2) is 0 Å². The first kappa shape index (κ1) is 11.0. The molecule has 0 heterocycles. The molecule has 1 aromatic rings. The van der Waals surface area contributed by atoms with Crippen molar-refractivity contribution in [3.8, 4) is 0 Å². The molecule has 1 aliphatic rings. The van der Waals surface area contributed by atoms with Gasteiger partial charge in [0.15, 0.2) is 5.78 Å². The van der Waals surface area contributed by atoms with Crippen molar-refractivity contribution in [1.82, 2.24) is 0 Å². The highest BCUT2D eigenvalue weighted by Crippen LogP contribution is 2.30. The van der Waals surface area contributed by atoms with Gasteiger partial charge in [-0.1, -0.05) is 36.0 Å². The number of hydrogen-bond acceptors (Lipinski definition) is 1. The number of carbonyl (C=O) groups is 1. The van der Waals surface area contributed by atoms with Crippen molar-refractivity contribution in [3.05, 3.63) is 33.8 Å². The lowest BCUT2D eigenvalue weighted by Crippen LogP contribution is -2.10. The zero-order chi connectivity index (χ0) is 10.8. The summed E-state index contributed by atoms with van der Waals surface area (Å²) >= 11 is 11.7. The second kappa shape index (κ2) is 4.54. The Hall–Kier alpha value is -0.530. The molecular formula is C12H12Cl2O. The predicted molar refractivity (Wildman–Crippen MR) is 62.8 cm³/mol. The van der Waals surface area contributed by atoms with Crippen LogP contribution in [0.1, 0.15) is 36.0 Å². The predicted octanol–water partition coefficient (Wildman–Crippen LogP) is 4.37. The van der Waals surface area contributed by atoms with Crippen molar-refractivity contribution < 1.29 is 4.79 Å². The lowest BCUT2D eigenvalue weighted by atomic mass is 9.96. The van der Waals surface area contributed by atoms with Gasteiger partial charge in [0, 0.05) is 11.5 Å². The normalized spacial score (nSPS) is 16.9. The van der Waals surface area contributed by atoms with Crippen LogP contribution in [0.2, 0.25) is 10.0 Å². The summed E-state index contributed by atoms with van der Waals surface area (Å²) in [5.41, 5.74) is 0.691. The van der Waals surface area contributed by atoms with Gasteiger partial charge >= 0.3 is 0 Å². The van der Waals surface area contributed by atoms with Gasteiger partial charge in [-0.3, -0.25) is 4.79 Å². The Morgan fingerprint density at radius 3 is 2.40 bits per heavy atom. The standard InChI is InChI=1S/C12H12Cl2O/c13-10-6-5-9(7-11(10)14)12(15)8-3-1-2-4-8/h5-8H,1-4H2. The minimum absolute atomic E-state index is 0.197. The monoisotopic (exact) mass is 242 g/mol. The molecular weight excluding hydrogens is 231 g/mol. The molecule has 1 saturated carbocycles. The quantitative estimate of drug-likeness (QED) is 0.705. The van der Waals surface area contributed by atoms with E-state index >= 15 is 0 Å². The molecule has 0 bridgehead atoms. The molecule has 3 heteroatoms. The third-order valence-electron chi connectivity index (χ3n) is 2.93. The van der Waals surface area contributed by atoms with Gasteiger partial charge < -0.3 is 0 Å². The summed E-state index contributed by atoms with van der Waals surface area (Å²) in [7, 11) is 0. The molecule has 0 radical (unpaired) electrons. The molecule has 0 aromatic heterocycles. The Balaban J connectivity index is 2.21. The number of ketones is 1. The molecule has 0 saturated heterocycles. The summed E-state index contributed by atoms with van der Waals surface area (Å²) in [5, 5.41) is 0.958. The SMILES string of the molecule is O=C(c1ccc(Cl)c(Cl)c1)C1CCCC1. The van der Waals surface area contributed by atoms with Gasteiger partial charge in [0.1, 0.15) is 0 Å². The van der Waals surface area contributed by atoms with Crippen LogP contribution in [0, 0.1) is 5.92 Å². The highest BCUT2D eigenvalue weighted by Gasteiger charge is 2.23. The number of Topliss-reactive ketones (excluding diaryl/α,β-unsaturated/α-hetero) is 1. The lowest BCUT2D eigenvalue weighted by Gasteiger charge is -2.08. The Labute approximate surface area is 99.4 Å². The second-order valence-corrected chi connectivity index (χ2v) is 4.79. The van der Waals surface area contributed by atoms with Crippen molar-refractivity contribution in [2.45, 2.75) is 25.7 Å². The van der Waals surface area contributed by atoms with E-state index < -0.39 is 0 Å². The largest absolute Gasteiger partial charge is 0.294 e. The first-order valence-corrected chi connectivity index (χ1v) is 5.93. The summed E-state index contributed by atoms with van der Waals surface area (Å²) in [4.78, 5) is 12.0. The van der Waals surface area contributed by atoms with E-state index in [1.807, 2.05) is 0 Å². The third kappa shape index (κ3) is 2.35. The zero-order valence-electron chi connectivity index (χ0n) is 8.30. The van der Waals surface area contributed by atoms with Gasteiger partial charge in [0.05, 0.1) is 10.0 Å². The van der Waals surface area contributed by atoms with Gasteiger partial charge in [-0.15, -0.1) is 0 Å². The summed E-state index contributed by atoms with van der Waals surface area (Å²) < 4.78 is 0. The first-order chi connectivity index (χ1) is 7.18. The fourth-order valence-corrected chi connectivity index (χ4v) is 2.37.